The van der Waals surface area contributed by atoms with Crippen molar-refractivity contribution in [2.75, 3.05) is 6.61 Å². The Morgan fingerprint density at radius 3 is 2.78 bits per heavy atom. The second kappa shape index (κ2) is 6.81. The minimum atomic E-state index is 0.143. The maximum Gasteiger partial charge on any atom is 0.195 e. The first-order valence-electron chi connectivity index (χ1n) is 8.28. The van der Waals surface area contributed by atoms with E-state index in [-0.39, 0.29) is 12.0 Å². The van der Waals surface area contributed by atoms with Gasteiger partial charge in [0.05, 0.1) is 0 Å². The van der Waals surface area contributed by atoms with Crippen LogP contribution in [0.2, 0.25) is 0 Å². The van der Waals surface area contributed by atoms with Crippen molar-refractivity contribution in [3.8, 4) is 0 Å². The first-order valence-corrected chi connectivity index (χ1v) is 9.10. The molecular weight excluding hydrogens is 304 g/mol. The molecule has 1 aromatic heterocycles. The molecule has 0 amide bonds. The van der Waals surface area contributed by atoms with Crippen LogP contribution in [0.5, 0.6) is 0 Å². The molecule has 23 heavy (non-hydrogen) atoms. The predicted octanol–water partition coefficient (Wildman–Crippen LogP) is 2.66. The van der Waals surface area contributed by atoms with E-state index in [0.717, 1.165) is 44.7 Å². The van der Waals surface area contributed by atoms with Gasteiger partial charge >= 0.3 is 0 Å². The van der Waals surface area contributed by atoms with Crippen LogP contribution in [-0.4, -0.2) is 11.7 Å². The number of allylic oxidation sites excluding steroid dienone is 1. The summed E-state index contributed by atoms with van der Waals surface area (Å²) in [6, 6.07) is 4.30. The van der Waals surface area contributed by atoms with Gasteiger partial charge in [-0.2, -0.15) is 0 Å². The minimum absolute atomic E-state index is 0.143. The fourth-order valence-electron chi connectivity index (χ4n) is 3.07. The summed E-state index contributed by atoms with van der Waals surface area (Å²) in [6.07, 6.45) is 9.55. The lowest BCUT2D eigenvalue weighted by Crippen LogP contribution is -2.39. The molecule has 0 aliphatic heterocycles. The second-order valence-electron chi connectivity index (χ2n) is 5.89. The maximum absolute atomic E-state index is 13.0. The highest BCUT2D eigenvalue weighted by atomic mass is 32.1. The summed E-state index contributed by atoms with van der Waals surface area (Å²) in [5, 5.41) is 10.6. The van der Waals surface area contributed by atoms with Crippen molar-refractivity contribution >= 4 is 33.6 Å². The SMILES string of the molecule is CCc1cc(CC)c2sc3c(c(=O)c2c1)=CC(=CCCO)CC=3. The summed E-state index contributed by atoms with van der Waals surface area (Å²) in [4.78, 5) is 13.0. The van der Waals surface area contributed by atoms with Crippen LogP contribution in [0, 0.1) is 0 Å². The zero-order chi connectivity index (χ0) is 16.4. The highest BCUT2D eigenvalue weighted by Gasteiger charge is 2.10. The Bertz CT molecular complexity index is 948. The van der Waals surface area contributed by atoms with Crippen LogP contribution in [0.3, 0.4) is 0 Å². The van der Waals surface area contributed by atoms with Crippen LogP contribution >= 0.6 is 11.3 Å². The zero-order valence-corrected chi connectivity index (χ0v) is 14.5. The van der Waals surface area contributed by atoms with Gasteiger partial charge in [0.1, 0.15) is 0 Å². The molecule has 0 spiro atoms. The molecule has 1 N–H and O–H groups in total. The molecule has 3 heteroatoms. The third kappa shape index (κ3) is 3.04. The van der Waals surface area contributed by atoms with Gasteiger partial charge in [-0.25, -0.2) is 0 Å². The lowest BCUT2D eigenvalue weighted by Gasteiger charge is -2.09. The van der Waals surface area contributed by atoms with Crippen molar-refractivity contribution in [2.45, 2.75) is 39.5 Å². The Hall–Kier alpha value is -1.71. The van der Waals surface area contributed by atoms with Crippen molar-refractivity contribution in [3.63, 3.8) is 0 Å². The van der Waals surface area contributed by atoms with Gasteiger partial charge in [-0.05, 0) is 54.5 Å². The van der Waals surface area contributed by atoms with Crippen molar-refractivity contribution in [1.29, 1.82) is 0 Å². The van der Waals surface area contributed by atoms with Crippen LogP contribution in [-0.2, 0) is 12.8 Å². The smallest absolute Gasteiger partial charge is 0.195 e. The first-order chi connectivity index (χ1) is 11.2. The van der Waals surface area contributed by atoms with Crippen molar-refractivity contribution in [2.24, 2.45) is 0 Å². The highest BCUT2D eigenvalue weighted by Crippen LogP contribution is 2.22. The van der Waals surface area contributed by atoms with E-state index >= 15 is 0 Å². The second-order valence-corrected chi connectivity index (χ2v) is 6.94. The molecule has 2 nitrogen and oxygen atoms in total. The summed E-state index contributed by atoms with van der Waals surface area (Å²) in [5.41, 5.74) is 3.77. The van der Waals surface area contributed by atoms with E-state index in [2.05, 4.69) is 32.1 Å². The minimum Gasteiger partial charge on any atom is -0.396 e. The maximum atomic E-state index is 13.0. The molecule has 3 rings (SSSR count). The van der Waals surface area contributed by atoms with Gasteiger partial charge in [-0.15, -0.1) is 11.3 Å². The van der Waals surface area contributed by atoms with Gasteiger partial charge in [-0.3, -0.25) is 4.79 Å². The van der Waals surface area contributed by atoms with Gasteiger partial charge in [0.2, 0.25) is 0 Å². The number of aliphatic hydroxyl groups excluding tert-OH is 1. The van der Waals surface area contributed by atoms with Crippen molar-refractivity contribution < 1.29 is 5.11 Å². The fraction of sp³-hybridized carbons (Fsp3) is 0.350. The Balaban J connectivity index is 2.34. The molecule has 0 saturated heterocycles. The zero-order valence-electron chi connectivity index (χ0n) is 13.7. The molecule has 0 unspecified atom stereocenters. The van der Waals surface area contributed by atoms with E-state index in [1.165, 1.54) is 11.1 Å². The average Bonchev–Trinajstić information content (AvgIpc) is 2.59. The molecule has 1 aromatic carbocycles. The Labute approximate surface area is 140 Å². The number of rotatable bonds is 4. The molecule has 0 fully saturated rings. The van der Waals surface area contributed by atoms with Crippen LogP contribution in [0.15, 0.2) is 28.6 Å². The van der Waals surface area contributed by atoms with Gasteiger partial charge in [-0.1, -0.05) is 32.1 Å². The molecule has 1 aliphatic carbocycles. The molecular formula is C20H22O2S. The Morgan fingerprint density at radius 1 is 1.26 bits per heavy atom. The summed E-state index contributed by atoms with van der Waals surface area (Å²) >= 11 is 1.74. The summed E-state index contributed by atoms with van der Waals surface area (Å²) in [6.45, 7) is 4.42. The first kappa shape index (κ1) is 16.2. The quantitative estimate of drug-likeness (QED) is 0.938. The normalized spacial score (nSPS) is 15.3. The van der Waals surface area contributed by atoms with Crippen LogP contribution in [0.4, 0.5) is 0 Å². The third-order valence-corrected chi connectivity index (χ3v) is 5.66. The molecule has 2 aromatic rings. The van der Waals surface area contributed by atoms with Gasteiger partial charge in [0.25, 0.3) is 0 Å². The van der Waals surface area contributed by atoms with Crippen molar-refractivity contribution in [1.82, 2.24) is 0 Å². The van der Waals surface area contributed by atoms with E-state index in [0.29, 0.717) is 6.42 Å². The van der Waals surface area contributed by atoms with Gasteiger partial charge < -0.3 is 5.11 Å². The van der Waals surface area contributed by atoms with Gasteiger partial charge in [0.15, 0.2) is 5.43 Å². The van der Waals surface area contributed by atoms with Gasteiger partial charge in [0, 0.05) is 26.4 Å². The van der Waals surface area contributed by atoms with Crippen molar-refractivity contribution in [3.05, 3.63) is 54.9 Å². The molecule has 120 valence electrons. The van der Waals surface area contributed by atoms with Crippen LogP contribution < -0.4 is 15.2 Å². The standard InChI is InChI=1S/C20H22O2S/c1-3-13-10-15(4-2)20-17(11-13)19(22)16-12-14(6-5-9-21)7-8-18(16)23-20/h6,8,10-12,21H,3-5,7,9H2,1-2H3. The Morgan fingerprint density at radius 2 is 2.09 bits per heavy atom. The largest absolute Gasteiger partial charge is 0.396 e. The summed E-state index contributed by atoms with van der Waals surface area (Å²) in [5.74, 6) is 0. The topological polar surface area (TPSA) is 37.3 Å². The summed E-state index contributed by atoms with van der Waals surface area (Å²) in [7, 11) is 0. The monoisotopic (exact) mass is 326 g/mol. The number of hydrogen-bond acceptors (Lipinski definition) is 3. The summed E-state index contributed by atoms with van der Waals surface area (Å²) < 4.78 is 2.23. The number of hydrogen-bond donors (Lipinski definition) is 1. The molecule has 0 atom stereocenters. The third-order valence-electron chi connectivity index (χ3n) is 4.37. The Kier molecular flexibility index (Phi) is 4.79. The number of fused-ring (bicyclic) bond motifs is 2. The lowest BCUT2D eigenvalue weighted by atomic mass is 10.0. The molecule has 0 saturated carbocycles. The van der Waals surface area contributed by atoms with Crippen LogP contribution in [0.1, 0.15) is 37.8 Å². The molecule has 1 aliphatic rings. The van der Waals surface area contributed by atoms with E-state index in [1.807, 2.05) is 12.2 Å². The molecule has 0 radical (unpaired) electrons. The predicted molar refractivity (Wildman–Crippen MR) is 99.4 cm³/mol. The number of aliphatic hydroxyl groups is 1. The fourth-order valence-corrected chi connectivity index (χ4v) is 4.31. The van der Waals surface area contributed by atoms with Crippen LogP contribution in [0.25, 0.3) is 22.2 Å². The van der Waals surface area contributed by atoms with E-state index in [4.69, 9.17) is 5.11 Å². The number of benzene rings is 1. The highest BCUT2D eigenvalue weighted by molar-refractivity contribution is 7.16. The molecule has 0 bridgehead atoms. The average molecular weight is 326 g/mol. The number of aryl methyl sites for hydroxylation is 2. The van der Waals surface area contributed by atoms with E-state index in [1.54, 1.807) is 11.3 Å². The van der Waals surface area contributed by atoms with E-state index < -0.39 is 0 Å². The lowest BCUT2D eigenvalue weighted by molar-refractivity contribution is 0.302. The molecule has 1 heterocycles. The van der Waals surface area contributed by atoms with E-state index in [9.17, 15) is 4.79 Å².